The number of nitrogens with zero attached hydrogens (tertiary/aromatic N) is 1. The highest BCUT2D eigenvalue weighted by atomic mass is 16.5. The summed E-state index contributed by atoms with van der Waals surface area (Å²) in [6.45, 7) is -0.0564. The minimum Gasteiger partial charge on any atom is -0.495 e. The molecule has 4 N–H and O–H groups in total. The fourth-order valence-corrected chi connectivity index (χ4v) is 1.44. The third kappa shape index (κ3) is 1.85. The SMILES string of the molecule is COc1cc(-c2ncc(CO)[nH]2)ccc1N. The predicted molar refractivity (Wildman–Crippen MR) is 60.9 cm³/mol. The van der Waals surface area contributed by atoms with Crippen LogP contribution in [0.5, 0.6) is 5.75 Å². The molecule has 0 saturated carbocycles. The molecule has 1 heterocycles. The molecule has 0 aliphatic carbocycles. The molecule has 2 rings (SSSR count). The fraction of sp³-hybridized carbons (Fsp3) is 0.182. The number of aromatic amines is 1. The van der Waals surface area contributed by atoms with Crippen molar-refractivity contribution in [3.05, 3.63) is 30.1 Å². The second kappa shape index (κ2) is 4.24. The average molecular weight is 219 g/mol. The van der Waals surface area contributed by atoms with Gasteiger partial charge in [-0.05, 0) is 18.2 Å². The summed E-state index contributed by atoms with van der Waals surface area (Å²) in [5, 5.41) is 8.93. The molecule has 2 aromatic rings. The number of H-pyrrole nitrogens is 1. The second-order valence-corrected chi connectivity index (χ2v) is 3.37. The monoisotopic (exact) mass is 219 g/mol. The van der Waals surface area contributed by atoms with Gasteiger partial charge in [0, 0.05) is 5.56 Å². The van der Waals surface area contributed by atoms with Gasteiger partial charge in [-0.1, -0.05) is 0 Å². The summed E-state index contributed by atoms with van der Waals surface area (Å²) >= 11 is 0. The van der Waals surface area contributed by atoms with E-state index < -0.39 is 0 Å². The number of ether oxygens (including phenoxy) is 1. The van der Waals surface area contributed by atoms with Crippen molar-refractivity contribution in [3.63, 3.8) is 0 Å². The van der Waals surface area contributed by atoms with E-state index in [0.717, 1.165) is 5.56 Å². The van der Waals surface area contributed by atoms with Crippen molar-refractivity contribution < 1.29 is 9.84 Å². The molecule has 0 aliphatic rings. The third-order valence-electron chi connectivity index (χ3n) is 2.31. The largest absolute Gasteiger partial charge is 0.495 e. The van der Waals surface area contributed by atoms with Crippen LogP contribution in [0.15, 0.2) is 24.4 Å². The zero-order chi connectivity index (χ0) is 11.5. The van der Waals surface area contributed by atoms with Gasteiger partial charge in [0.1, 0.15) is 11.6 Å². The maximum Gasteiger partial charge on any atom is 0.142 e. The van der Waals surface area contributed by atoms with Crippen molar-refractivity contribution in [1.82, 2.24) is 9.97 Å². The van der Waals surface area contributed by atoms with E-state index in [0.29, 0.717) is 23.0 Å². The summed E-state index contributed by atoms with van der Waals surface area (Å²) in [5.74, 6) is 1.29. The number of anilines is 1. The zero-order valence-corrected chi connectivity index (χ0v) is 8.90. The van der Waals surface area contributed by atoms with Crippen LogP contribution in [0.4, 0.5) is 5.69 Å². The molecule has 0 amide bonds. The van der Waals surface area contributed by atoms with Crippen LogP contribution in [-0.2, 0) is 6.61 Å². The van der Waals surface area contributed by atoms with Gasteiger partial charge >= 0.3 is 0 Å². The van der Waals surface area contributed by atoms with Gasteiger partial charge in [-0.15, -0.1) is 0 Å². The van der Waals surface area contributed by atoms with Gasteiger partial charge in [-0.2, -0.15) is 0 Å². The minimum absolute atomic E-state index is 0.0564. The first-order valence-electron chi connectivity index (χ1n) is 4.83. The Labute approximate surface area is 92.9 Å². The van der Waals surface area contributed by atoms with Crippen molar-refractivity contribution in [3.8, 4) is 17.1 Å². The molecule has 0 bridgehead atoms. The van der Waals surface area contributed by atoms with Gasteiger partial charge in [0.25, 0.3) is 0 Å². The molecule has 1 aromatic heterocycles. The number of methoxy groups -OCH3 is 1. The number of benzene rings is 1. The molecule has 16 heavy (non-hydrogen) atoms. The van der Waals surface area contributed by atoms with Gasteiger partial charge < -0.3 is 20.6 Å². The Balaban J connectivity index is 2.40. The van der Waals surface area contributed by atoms with Crippen molar-refractivity contribution in [2.45, 2.75) is 6.61 Å². The lowest BCUT2D eigenvalue weighted by Crippen LogP contribution is -1.93. The lowest BCUT2D eigenvalue weighted by molar-refractivity contribution is 0.277. The van der Waals surface area contributed by atoms with E-state index in [1.807, 2.05) is 6.07 Å². The average Bonchev–Trinajstić information content (AvgIpc) is 2.78. The first-order chi connectivity index (χ1) is 7.74. The van der Waals surface area contributed by atoms with E-state index in [-0.39, 0.29) is 6.61 Å². The molecular weight excluding hydrogens is 206 g/mol. The van der Waals surface area contributed by atoms with Gasteiger partial charge in [-0.3, -0.25) is 0 Å². The van der Waals surface area contributed by atoms with Gasteiger partial charge in [-0.25, -0.2) is 4.98 Å². The van der Waals surface area contributed by atoms with Gasteiger partial charge in [0.15, 0.2) is 0 Å². The van der Waals surface area contributed by atoms with E-state index in [2.05, 4.69) is 9.97 Å². The smallest absolute Gasteiger partial charge is 0.142 e. The number of nitrogens with two attached hydrogens (primary N) is 1. The molecular formula is C11H13N3O2. The Bertz CT molecular complexity index is 494. The van der Waals surface area contributed by atoms with E-state index in [9.17, 15) is 0 Å². The van der Waals surface area contributed by atoms with Crippen molar-refractivity contribution in [1.29, 1.82) is 0 Å². The number of rotatable bonds is 3. The molecule has 5 heteroatoms. The Hall–Kier alpha value is -2.01. The molecule has 5 nitrogen and oxygen atoms in total. The summed E-state index contributed by atoms with van der Waals surface area (Å²) in [4.78, 5) is 7.14. The van der Waals surface area contributed by atoms with Gasteiger partial charge in [0.05, 0.1) is 31.3 Å². The number of aliphatic hydroxyl groups is 1. The first-order valence-corrected chi connectivity index (χ1v) is 4.83. The second-order valence-electron chi connectivity index (χ2n) is 3.37. The summed E-state index contributed by atoms with van der Waals surface area (Å²) in [7, 11) is 1.57. The Kier molecular flexibility index (Phi) is 2.78. The lowest BCUT2D eigenvalue weighted by Gasteiger charge is -2.05. The number of nitrogens with one attached hydrogen (secondary N) is 1. The predicted octanol–water partition coefficient (Wildman–Crippen LogP) is 1.16. The Morgan fingerprint density at radius 2 is 2.31 bits per heavy atom. The highest BCUT2D eigenvalue weighted by Gasteiger charge is 2.06. The molecule has 0 spiro atoms. The van der Waals surface area contributed by atoms with Crippen LogP contribution in [0.3, 0.4) is 0 Å². The molecule has 0 unspecified atom stereocenters. The molecule has 0 saturated heterocycles. The van der Waals surface area contributed by atoms with Crippen LogP contribution in [0.25, 0.3) is 11.4 Å². The molecule has 0 fully saturated rings. The summed E-state index contributed by atoms with van der Waals surface area (Å²) in [6, 6.07) is 5.41. The van der Waals surface area contributed by atoms with E-state index >= 15 is 0 Å². The van der Waals surface area contributed by atoms with Crippen LogP contribution >= 0.6 is 0 Å². The molecule has 1 aromatic carbocycles. The van der Waals surface area contributed by atoms with Crippen LogP contribution in [0.2, 0.25) is 0 Å². The van der Waals surface area contributed by atoms with Crippen LogP contribution in [0.1, 0.15) is 5.69 Å². The Morgan fingerprint density at radius 3 is 2.94 bits per heavy atom. The number of aromatic nitrogens is 2. The third-order valence-corrected chi connectivity index (χ3v) is 2.31. The minimum atomic E-state index is -0.0564. The number of hydrogen-bond acceptors (Lipinski definition) is 4. The maximum absolute atomic E-state index is 8.93. The number of aliphatic hydroxyl groups excluding tert-OH is 1. The fourth-order valence-electron chi connectivity index (χ4n) is 1.44. The summed E-state index contributed by atoms with van der Waals surface area (Å²) < 4.78 is 5.12. The number of imidazole rings is 1. The molecule has 0 atom stereocenters. The highest BCUT2D eigenvalue weighted by Crippen LogP contribution is 2.27. The lowest BCUT2D eigenvalue weighted by atomic mass is 10.2. The maximum atomic E-state index is 8.93. The van der Waals surface area contributed by atoms with E-state index in [1.165, 1.54) is 0 Å². The topological polar surface area (TPSA) is 84.2 Å². The molecule has 84 valence electrons. The number of hydrogen-bond donors (Lipinski definition) is 3. The van der Waals surface area contributed by atoms with Crippen molar-refractivity contribution >= 4 is 5.69 Å². The van der Waals surface area contributed by atoms with Crippen LogP contribution < -0.4 is 10.5 Å². The van der Waals surface area contributed by atoms with Crippen molar-refractivity contribution in [2.75, 3.05) is 12.8 Å². The van der Waals surface area contributed by atoms with E-state index in [4.69, 9.17) is 15.6 Å². The number of nitrogen functional groups attached to an aromatic ring is 1. The summed E-state index contributed by atoms with van der Waals surface area (Å²) in [5.41, 5.74) is 7.84. The first kappa shape index (κ1) is 10.5. The summed E-state index contributed by atoms with van der Waals surface area (Å²) in [6.07, 6.45) is 1.60. The van der Waals surface area contributed by atoms with Crippen LogP contribution in [-0.4, -0.2) is 22.2 Å². The zero-order valence-electron chi connectivity index (χ0n) is 8.90. The van der Waals surface area contributed by atoms with Gasteiger partial charge in [0.2, 0.25) is 0 Å². The highest BCUT2D eigenvalue weighted by molar-refractivity contribution is 5.65. The van der Waals surface area contributed by atoms with Crippen LogP contribution in [0, 0.1) is 0 Å². The quantitative estimate of drug-likeness (QED) is 0.676. The molecule has 0 aliphatic heterocycles. The normalized spacial score (nSPS) is 10.4. The standard InChI is InChI=1S/C11H13N3O2/c1-16-10-4-7(2-3-9(10)12)11-13-5-8(6-15)14-11/h2-5,15H,6,12H2,1H3,(H,13,14). The van der Waals surface area contributed by atoms with E-state index in [1.54, 1.807) is 25.4 Å². The Morgan fingerprint density at radius 1 is 1.50 bits per heavy atom. The van der Waals surface area contributed by atoms with Crippen molar-refractivity contribution in [2.24, 2.45) is 0 Å². The molecule has 0 radical (unpaired) electrons.